The fourth-order valence-corrected chi connectivity index (χ4v) is 5.21. The van der Waals surface area contributed by atoms with Gasteiger partial charge in [0.1, 0.15) is 12.4 Å². The zero-order chi connectivity index (χ0) is 24.3. The summed E-state index contributed by atoms with van der Waals surface area (Å²) < 4.78 is 14.0. The molecule has 0 spiro atoms. The van der Waals surface area contributed by atoms with E-state index in [-0.39, 0.29) is 5.78 Å². The van der Waals surface area contributed by atoms with Crippen LogP contribution >= 0.6 is 0 Å². The molecule has 2 heterocycles. The van der Waals surface area contributed by atoms with Gasteiger partial charge in [0.2, 0.25) is 0 Å². The van der Waals surface area contributed by atoms with Crippen LogP contribution in [0.1, 0.15) is 34.3 Å². The molecule has 1 aromatic heterocycles. The van der Waals surface area contributed by atoms with Gasteiger partial charge in [-0.3, -0.25) is 4.79 Å². The van der Waals surface area contributed by atoms with Crippen LogP contribution in [0.2, 0.25) is 0 Å². The van der Waals surface area contributed by atoms with E-state index < -0.39 is 0 Å². The van der Waals surface area contributed by atoms with Crippen molar-refractivity contribution in [2.75, 3.05) is 13.2 Å². The van der Waals surface area contributed by atoms with Crippen molar-refractivity contribution in [2.45, 2.75) is 26.0 Å². The van der Waals surface area contributed by atoms with E-state index in [1.807, 2.05) is 66.9 Å². The second kappa shape index (κ2) is 10.00. The molecule has 0 bridgehead atoms. The molecule has 1 saturated heterocycles. The number of carbonyl (C=O) groups is 1. The third-order valence-electron chi connectivity index (χ3n) is 7.18. The first-order chi connectivity index (χ1) is 17.8. The lowest BCUT2D eigenvalue weighted by Crippen LogP contribution is -2.20. The lowest BCUT2D eigenvalue weighted by molar-refractivity contribution is 0.0616. The number of hydrogen-bond acceptors (Lipinski definition) is 3. The molecule has 0 radical (unpaired) electrons. The fourth-order valence-electron chi connectivity index (χ4n) is 5.21. The minimum atomic E-state index is 0.0442. The monoisotopic (exact) mass is 475 g/mol. The lowest BCUT2D eigenvalue weighted by atomic mass is 9.97. The van der Waals surface area contributed by atoms with E-state index in [1.165, 1.54) is 0 Å². The molecule has 5 aromatic rings. The van der Waals surface area contributed by atoms with Crippen LogP contribution in [0.4, 0.5) is 0 Å². The van der Waals surface area contributed by atoms with Crippen LogP contribution in [-0.2, 0) is 17.9 Å². The normalized spacial score (nSPS) is 14.3. The summed E-state index contributed by atoms with van der Waals surface area (Å²) in [5, 5.41) is 2.98. The summed E-state index contributed by atoms with van der Waals surface area (Å²) in [4.78, 5) is 14.0. The Morgan fingerprint density at radius 1 is 0.833 bits per heavy atom. The smallest absolute Gasteiger partial charge is 0.195 e. The number of carbonyl (C=O) groups excluding carboxylic acids is 1. The first kappa shape index (κ1) is 22.6. The summed E-state index contributed by atoms with van der Waals surface area (Å²) in [6.07, 6.45) is 4.14. The highest BCUT2D eigenvalue weighted by atomic mass is 16.5. The van der Waals surface area contributed by atoms with Crippen molar-refractivity contribution in [2.24, 2.45) is 5.92 Å². The average molecular weight is 476 g/mol. The highest BCUT2D eigenvalue weighted by molar-refractivity contribution is 6.21. The average Bonchev–Trinajstić information content (AvgIpc) is 3.29. The highest BCUT2D eigenvalue weighted by Gasteiger charge is 2.22. The number of aromatic nitrogens is 1. The molecule has 4 heteroatoms. The summed E-state index contributed by atoms with van der Waals surface area (Å²) in [7, 11) is 0. The van der Waals surface area contributed by atoms with Crippen molar-refractivity contribution in [3.05, 3.63) is 114 Å². The van der Waals surface area contributed by atoms with Gasteiger partial charge >= 0.3 is 0 Å². The van der Waals surface area contributed by atoms with Crippen LogP contribution in [-0.4, -0.2) is 23.6 Å². The maximum atomic E-state index is 14.0. The minimum Gasteiger partial charge on any atom is -0.489 e. The van der Waals surface area contributed by atoms with Crippen molar-refractivity contribution in [3.8, 4) is 5.75 Å². The summed E-state index contributed by atoms with van der Waals surface area (Å²) in [5.41, 5.74) is 3.63. The summed E-state index contributed by atoms with van der Waals surface area (Å²) in [6, 6.07) is 30.3. The summed E-state index contributed by atoms with van der Waals surface area (Å²) in [6.45, 7) is 2.99. The van der Waals surface area contributed by atoms with Gasteiger partial charge in [-0.2, -0.15) is 0 Å². The Hall–Kier alpha value is -3.89. The lowest BCUT2D eigenvalue weighted by Gasteiger charge is -2.22. The Balaban J connectivity index is 1.40. The third kappa shape index (κ3) is 4.52. The number of ketones is 1. The molecule has 0 saturated carbocycles. The van der Waals surface area contributed by atoms with E-state index in [9.17, 15) is 4.79 Å². The topological polar surface area (TPSA) is 40.5 Å². The molecular weight excluding hydrogens is 446 g/mol. The van der Waals surface area contributed by atoms with E-state index in [4.69, 9.17) is 9.47 Å². The van der Waals surface area contributed by atoms with Gasteiger partial charge in [0.25, 0.3) is 0 Å². The van der Waals surface area contributed by atoms with Gasteiger partial charge in [-0.25, -0.2) is 0 Å². The third-order valence-corrected chi connectivity index (χ3v) is 7.18. The number of rotatable bonds is 7. The molecule has 0 unspecified atom stereocenters. The quantitative estimate of drug-likeness (QED) is 0.237. The predicted molar refractivity (Wildman–Crippen MR) is 144 cm³/mol. The van der Waals surface area contributed by atoms with Gasteiger partial charge in [0.05, 0.1) is 0 Å². The first-order valence-corrected chi connectivity index (χ1v) is 12.7. The van der Waals surface area contributed by atoms with E-state index >= 15 is 0 Å². The number of hydrogen-bond donors (Lipinski definition) is 0. The van der Waals surface area contributed by atoms with Crippen molar-refractivity contribution >= 4 is 27.5 Å². The van der Waals surface area contributed by atoms with Crippen molar-refractivity contribution in [3.63, 3.8) is 0 Å². The molecule has 180 valence electrons. The molecule has 0 aliphatic carbocycles. The second-order valence-corrected chi connectivity index (χ2v) is 9.56. The van der Waals surface area contributed by atoms with E-state index in [0.29, 0.717) is 12.5 Å². The van der Waals surface area contributed by atoms with Crippen LogP contribution in [0, 0.1) is 5.92 Å². The number of benzene rings is 4. The summed E-state index contributed by atoms with van der Waals surface area (Å²) >= 11 is 0. The van der Waals surface area contributed by atoms with Crippen LogP contribution in [0.15, 0.2) is 97.2 Å². The maximum absolute atomic E-state index is 14.0. The SMILES string of the molecule is O=C(c1cccc2ccccc12)c1cn(CC2CCOCC2)c2ccc(OCc3ccccc3)cc12. The van der Waals surface area contributed by atoms with E-state index in [0.717, 1.165) is 76.7 Å². The van der Waals surface area contributed by atoms with Crippen LogP contribution in [0.25, 0.3) is 21.7 Å². The second-order valence-electron chi connectivity index (χ2n) is 9.56. The molecule has 1 aliphatic rings. The molecule has 4 nitrogen and oxygen atoms in total. The molecule has 4 aromatic carbocycles. The molecule has 0 amide bonds. The van der Waals surface area contributed by atoms with Gasteiger partial charge in [0.15, 0.2) is 5.78 Å². The number of fused-ring (bicyclic) bond motifs is 2. The van der Waals surface area contributed by atoms with Gasteiger partial charge in [-0.05, 0) is 53.3 Å². The molecule has 0 atom stereocenters. The molecule has 36 heavy (non-hydrogen) atoms. The van der Waals surface area contributed by atoms with Crippen molar-refractivity contribution in [1.29, 1.82) is 0 Å². The fraction of sp³-hybridized carbons (Fsp3) is 0.219. The van der Waals surface area contributed by atoms with Crippen LogP contribution in [0.3, 0.4) is 0 Å². The number of ether oxygens (including phenoxy) is 2. The van der Waals surface area contributed by atoms with Crippen LogP contribution < -0.4 is 4.74 Å². The molecule has 1 fully saturated rings. The largest absolute Gasteiger partial charge is 0.489 e. The Bertz CT molecular complexity index is 1510. The van der Waals surface area contributed by atoms with E-state index in [2.05, 4.69) is 34.9 Å². The molecule has 0 N–H and O–H groups in total. The minimum absolute atomic E-state index is 0.0442. The van der Waals surface area contributed by atoms with Gasteiger partial charge < -0.3 is 14.0 Å². The molecule has 6 rings (SSSR count). The predicted octanol–water partition coefficient (Wildman–Crippen LogP) is 7.03. The molecule has 1 aliphatic heterocycles. The maximum Gasteiger partial charge on any atom is 0.195 e. The Kier molecular flexibility index (Phi) is 6.27. The first-order valence-electron chi connectivity index (χ1n) is 12.7. The van der Waals surface area contributed by atoms with E-state index in [1.54, 1.807) is 0 Å². The van der Waals surface area contributed by atoms with Crippen LogP contribution in [0.5, 0.6) is 5.75 Å². The Morgan fingerprint density at radius 2 is 1.61 bits per heavy atom. The van der Waals surface area contributed by atoms with Crippen molar-refractivity contribution < 1.29 is 14.3 Å². The Morgan fingerprint density at radius 3 is 2.47 bits per heavy atom. The zero-order valence-corrected chi connectivity index (χ0v) is 20.2. The van der Waals surface area contributed by atoms with Gasteiger partial charge in [0, 0.05) is 48.0 Å². The molecular formula is C32H29NO3. The highest BCUT2D eigenvalue weighted by Crippen LogP contribution is 2.31. The standard InChI is InChI=1S/C32H29NO3/c34-32(28-12-6-10-25-9-4-5-11-27(25)28)30-21-33(20-23-15-17-35-18-16-23)31-14-13-26(19-29(30)31)36-22-24-7-2-1-3-8-24/h1-14,19,21,23H,15-18,20,22H2. The summed E-state index contributed by atoms with van der Waals surface area (Å²) in [5.74, 6) is 1.36. The number of nitrogens with zero attached hydrogens (tertiary/aromatic N) is 1. The van der Waals surface area contributed by atoms with Gasteiger partial charge in [-0.15, -0.1) is 0 Å². The Labute approximate surface area is 211 Å². The zero-order valence-electron chi connectivity index (χ0n) is 20.2. The van der Waals surface area contributed by atoms with Crippen molar-refractivity contribution in [1.82, 2.24) is 4.57 Å². The van der Waals surface area contributed by atoms with Gasteiger partial charge in [-0.1, -0.05) is 72.8 Å².